The first-order valence-electron chi connectivity index (χ1n) is 4.21. The molecule has 1 aromatic carbocycles. The van der Waals surface area contributed by atoms with Gasteiger partial charge in [0, 0.05) is 5.22 Å². The quantitative estimate of drug-likeness (QED) is 0.566. The molecule has 2 aliphatic rings. The molecule has 0 N–H and O–H groups in total. The van der Waals surface area contributed by atoms with Crippen LogP contribution in [0.3, 0.4) is 0 Å². The van der Waals surface area contributed by atoms with Gasteiger partial charge in [0.15, 0.2) is 0 Å². The molecule has 0 saturated carbocycles. The largest absolute Gasteiger partial charge is 0.464 e. The summed E-state index contributed by atoms with van der Waals surface area (Å²) in [4.78, 5) is 0. The van der Waals surface area contributed by atoms with Crippen molar-refractivity contribution in [3.05, 3.63) is 46.5 Å². The third-order valence-corrected chi connectivity index (χ3v) is 2.26. The van der Waals surface area contributed by atoms with Gasteiger partial charge in [-0.25, -0.2) is 0 Å². The summed E-state index contributed by atoms with van der Waals surface area (Å²) in [5, 5.41) is 2.37. The van der Waals surface area contributed by atoms with E-state index in [-0.39, 0.29) is 0 Å². The average molecular weight is 172 g/mol. The number of hydrogen-bond donors (Lipinski definition) is 0. The Hall–Kier alpha value is -1.70. The molecule has 1 aromatic rings. The second-order valence-corrected chi connectivity index (χ2v) is 3.06. The number of fused-ring (bicyclic) bond motifs is 2. The van der Waals surface area contributed by atoms with Gasteiger partial charge in [0.25, 0.3) is 0 Å². The Balaban J connectivity index is 2.43. The summed E-state index contributed by atoms with van der Waals surface area (Å²) in [6.07, 6.45) is 3.82. The fraction of sp³-hybridized carbons (Fsp3) is 0.0909. The number of ether oxygens (including phenoxy) is 2. The Kier molecular flexibility index (Phi) is 1.25. The Labute approximate surface area is 75.4 Å². The van der Waals surface area contributed by atoms with E-state index >= 15 is 0 Å². The van der Waals surface area contributed by atoms with Crippen molar-refractivity contribution >= 4 is 11.8 Å². The highest BCUT2D eigenvalue weighted by Crippen LogP contribution is 2.19. The standard InChI is InChI=1S/C11H8O2/c1-2-4-10-8(3-1)5-9-6-12-7-13-11(9)10/h1-6H,7H2. The average Bonchev–Trinajstić information content (AvgIpc) is 2.56. The van der Waals surface area contributed by atoms with Gasteiger partial charge in [0.05, 0.1) is 11.8 Å². The second-order valence-electron chi connectivity index (χ2n) is 3.06. The lowest BCUT2D eigenvalue weighted by atomic mass is 10.2. The van der Waals surface area contributed by atoms with Crippen LogP contribution in [-0.2, 0) is 9.47 Å². The monoisotopic (exact) mass is 172 g/mol. The van der Waals surface area contributed by atoms with Crippen LogP contribution < -0.4 is 10.4 Å². The third kappa shape index (κ3) is 0.886. The number of benzene rings is 1. The molecule has 2 heteroatoms. The van der Waals surface area contributed by atoms with Crippen LogP contribution in [0.4, 0.5) is 0 Å². The zero-order valence-corrected chi connectivity index (χ0v) is 6.99. The molecule has 0 amide bonds. The molecule has 1 aliphatic heterocycles. The van der Waals surface area contributed by atoms with E-state index in [9.17, 15) is 0 Å². The second kappa shape index (κ2) is 2.39. The van der Waals surface area contributed by atoms with Crippen LogP contribution in [0.5, 0.6) is 0 Å². The molecular formula is C11H8O2. The fourth-order valence-corrected chi connectivity index (χ4v) is 1.68. The molecule has 3 rings (SSSR count). The summed E-state index contributed by atoms with van der Waals surface area (Å²) in [6, 6.07) is 8.17. The first-order chi connectivity index (χ1) is 6.45. The molecule has 1 aliphatic carbocycles. The highest BCUT2D eigenvalue weighted by molar-refractivity contribution is 5.77. The summed E-state index contributed by atoms with van der Waals surface area (Å²) in [5.41, 5.74) is 1.03. The maximum absolute atomic E-state index is 5.42. The lowest BCUT2D eigenvalue weighted by Crippen LogP contribution is -2.23. The van der Waals surface area contributed by atoms with Crippen LogP contribution in [-0.4, -0.2) is 6.79 Å². The van der Waals surface area contributed by atoms with Crippen molar-refractivity contribution in [3.63, 3.8) is 0 Å². The van der Waals surface area contributed by atoms with Crippen molar-refractivity contribution in [1.82, 2.24) is 0 Å². The Morgan fingerprint density at radius 1 is 1.15 bits per heavy atom. The van der Waals surface area contributed by atoms with Crippen LogP contribution in [0.1, 0.15) is 0 Å². The minimum atomic E-state index is 0.320. The van der Waals surface area contributed by atoms with E-state index in [1.807, 2.05) is 12.1 Å². The number of hydrogen-bond acceptors (Lipinski definition) is 2. The van der Waals surface area contributed by atoms with Crippen molar-refractivity contribution in [2.75, 3.05) is 6.79 Å². The van der Waals surface area contributed by atoms with Crippen molar-refractivity contribution in [2.24, 2.45) is 0 Å². The Morgan fingerprint density at radius 3 is 3.08 bits per heavy atom. The van der Waals surface area contributed by atoms with E-state index in [0.29, 0.717) is 6.79 Å². The van der Waals surface area contributed by atoms with Gasteiger partial charge in [-0.1, -0.05) is 24.3 Å². The molecule has 2 nitrogen and oxygen atoms in total. The van der Waals surface area contributed by atoms with Crippen LogP contribution in [0.15, 0.2) is 36.1 Å². The van der Waals surface area contributed by atoms with Crippen molar-refractivity contribution in [3.8, 4) is 0 Å². The smallest absolute Gasteiger partial charge is 0.230 e. The van der Waals surface area contributed by atoms with Crippen LogP contribution in [0.2, 0.25) is 0 Å². The molecule has 64 valence electrons. The Morgan fingerprint density at radius 2 is 2.08 bits per heavy atom. The summed E-state index contributed by atoms with van der Waals surface area (Å²) in [7, 11) is 0. The molecule has 0 spiro atoms. The molecule has 0 saturated heterocycles. The molecule has 0 unspecified atom stereocenters. The molecule has 0 fully saturated rings. The summed E-state index contributed by atoms with van der Waals surface area (Å²) >= 11 is 0. The van der Waals surface area contributed by atoms with Crippen LogP contribution in [0, 0.1) is 0 Å². The molecule has 0 aromatic heterocycles. The lowest BCUT2D eigenvalue weighted by Gasteiger charge is -2.13. The van der Waals surface area contributed by atoms with E-state index in [2.05, 4.69) is 18.2 Å². The van der Waals surface area contributed by atoms with Gasteiger partial charge in [-0.15, -0.1) is 0 Å². The zero-order chi connectivity index (χ0) is 8.67. The third-order valence-electron chi connectivity index (χ3n) is 2.26. The number of rotatable bonds is 0. The van der Waals surface area contributed by atoms with Gasteiger partial charge in [0.1, 0.15) is 5.76 Å². The zero-order valence-electron chi connectivity index (χ0n) is 6.99. The van der Waals surface area contributed by atoms with Gasteiger partial charge in [0.2, 0.25) is 6.79 Å². The van der Waals surface area contributed by atoms with Crippen molar-refractivity contribution < 1.29 is 9.47 Å². The van der Waals surface area contributed by atoms with E-state index in [4.69, 9.17) is 9.47 Å². The van der Waals surface area contributed by atoms with E-state index in [0.717, 1.165) is 16.6 Å². The maximum Gasteiger partial charge on any atom is 0.230 e. The summed E-state index contributed by atoms with van der Waals surface area (Å²) < 4.78 is 10.5. The Bertz CT molecular complexity index is 497. The predicted octanol–water partition coefficient (Wildman–Crippen LogP) is 0.477. The van der Waals surface area contributed by atoms with Crippen molar-refractivity contribution in [1.29, 1.82) is 0 Å². The summed E-state index contributed by atoms with van der Waals surface area (Å²) in [5.74, 6) is 0.946. The van der Waals surface area contributed by atoms with Crippen LogP contribution >= 0.6 is 0 Å². The maximum atomic E-state index is 5.42. The van der Waals surface area contributed by atoms with Gasteiger partial charge in [-0.05, 0) is 11.3 Å². The fourth-order valence-electron chi connectivity index (χ4n) is 1.68. The first kappa shape index (κ1) is 6.78. The predicted molar refractivity (Wildman–Crippen MR) is 48.7 cm³/mol. The molecular weight excluding hydrogens is 164 g/mol. The van der Waals surface area contributed by atoms with E-state index < -0.39 is 0 Å². The lowest BCUT2D eigenvalue weighted by molar-refractivity contribution is 0.0450. The minimum absolute atomic E-state index is 0.320. The van der Waals surface area contributed by atoms with Gasteiger partial charge in [-0.2, -0.15) is 0 Å². The topological polar surface area (TPSA) is 18.5 Å². The minimum Gasteiger partial charge on any atom is -0.464 e. The summed E-state index contributed by atoms with van der Waals surface area (Å²) in [6.45, 7) is 0.320. The van der Waals surface area contributed by atoms with Gasteiger partial charge in [-0.3, -0.25) is 0 Å². The highest BCUT2D eigenvalue weighted by atomic mass is 16.7. The van der Waals surface area contributed by atoms with Crippen molar-refractivity contribution in [2.45, 2.75) is 0 Å². The van der Waals surface area contributed by atoms with E-state index in [1.54, 1.807) is 6.26 Å². The van der Waals surface area contributed by atoms with Gasteiger partial charge >= 0.3 is 0 Å². The van der Waals surface area contributed by atoms with Gasteiger partial charge < -0.3 is 9.47 Å². The molecule has 0 radical (unpaired) electrons. The first-order valence-corrected chi connectivity index (χ1v) is 4.21. The van der Waals surface area contributed by atoms with E-state index in [1.165, 1.54) is 5.22 Å². The molecule has 13 heavy (non-hydrogen) atoms. The van der Waals surface area contributed by atoms with Crippen LogP contribution in [0.25, 0.3) is 11.8 Å². The highest BCUT2D eigenvalue weighted by Gasteiger charge is 2.15. The normalized spacial score (nSPS) is 17.5. The molecule has 0 atom stereocenters. The molecule has 0 bridgehead atoms. The molecule has 1 heterocycles. The SMILES string of the molecule is C1=C2C=c3ccccc3=C2OCO1.